The zero-order chi connectivity index (χ0) is 20.6. The van der Waals surface area contributed by atoms with E-state index in [2.05, 4.69) is 47.0 Å². The van der Waals surface area contributed by atoms with Crippen LogP contribution in [0.4, 0.5) is 0 Å². The lowest BCUT2D eigenvalue weighted by Gasteiger charge is -2.39. The fourth-order valence-electron chi connectivity index (χ4n) is 4.65. The van der Waals surface area contributed by atoms with Gasteiger partial charge in [0.25, 0.3) is 0 Å². The number of piperidine rings is 1. The van der Waals surface area contributed by atoms with Crippen LogP contribution in [0.3, 0.4) is 0 Å². The molecule has 5 rings (SSSR count). The van der Waals surface area contributed by atoms with E-state index in [-0.39, 0.29) is 5.60 Å². The number of fused-ring (bicyclic) bond motifs is 2. The van der Waals surface area contributed by atoms with Crippen molar-refractivity contribution in [1.29, 1.82) is 5.26 Å². The molecule has 0 radical (unpaired) electrons. The smallest absolute Gasteiger partial charge is 0.170 e. The summed E-state index contributed by atoms with van der Waals surface area (Å²) in [6.45, 7) is 6.60. The first-order valence-electron chi connectivity index (χ1n) is 10.4. The molecule has 5 heteroatoms. The highest BCUT2D eigenvalue weighted by Crippen LogP contribution is 2.49. The predicted molar refractivity (Wildman–Crippen MR) is 116 cm³/mol. The summed E-state index contributed by atoms with van der Waals surface area (Å²) in [5.41, 5.74) is 5.17. The van der Waals surface area contributed by atoms with Gasteiger partial charge in [0.05, 0.1) is 23.6 Å². The molecule has 2 aliphatic rings. The normalized spacial score (nSPS) is 20.0. The second-order valence-corrected chi connectivity index (χ2v) is 8.08. The molecule has 30 heavy (non-hydrogen) atoms. The third kappa shape index (κ3) is 3.24. The summed E-state index contributed by atoms with van der Waals surface area (Å²) < 4.78 is 8.25. The topological polar surface area (TPSA) is 54.1 Å². The monoisotopic (exact) mass is 396 g/mol. The summed E-state index contributed by atoms with van der Waals surface area (Å²) >= 11 is 0. The van der Waals surface area contributed by atoms with Crippen LogP contribution in [0, 0.1) is 11.3 Å². The summed E-state index contributed by atoms with van der Waals surface area (Å²) in [5, 5.41) is 14.1. The minimum Gasteiger partial charge on any atom is -0.347 e. The molecule has 1 spiro atoms. The van der Waals surface area contributed by atoms with Gasteiger partial charge in [0.15, 0.2) is 6.10 Å². The van der Waals surface area contributed by atoms with Gasteiger partial charge in [-0.05, 0) is 42.2 Å². The Morgan fingerprint density at radius 2 is 2.00 bits per heavy atom. The number of nitrogens with zero attached hydrogens (tertiary/aromatic N) is 4. The SMILES string of the molecule is C=Cc1ccc2c(c1)C1(CCN(Cc3cnn(-c4ccccc4)c3)CC1)OC2C#N. The highest BCUT2D eigenvalue weighted by atomic mass is 16.5. The van der Waals surface area contributed by atoms with Gasteiger partial charge in [-0.3, -0.25) is 4.90 Å². The fraction of sp³-hybridized carbons (Fsp3) is 0.280. The molecule has 1 atom stereocenters. The zero-order valence-corrected chi connectivity index (χ0v) is 16.9. The minimum absolute atomic E-state index is 0.362. The van der Waals surface area contributed by atoms with E-state index in [4.69, 9.17) is 4.74 Å². The summed E-state index contributed by atoms with van der Waals surface area (Å²) in [5.74, 6) is 0. The number of rotatable bonds is 4. The van der Waals surface area contributed by atoms with E-state index in [0.29, 0.717) is 0 Å². The Balaban J connectivity index is 1.30. The largest absolute Gasteiger partial charge is 0.347 e. The number of ether oxygens (including phenoxy) is 1. The Kier molecular flexibility index (Phi) is 4.74. The van der Waals surface area contributed by atoms with E-state index in [1.165, 1.54) is 11.1 Å². The van der Waals surface area contributed by atoms with Gasteiger partial charge in [0, 0.05) is 37.0 Å². The van der Waals surface area contributed by atoms with Gasteiger partial charge in [-0.1, -0.05) is 43.0 Å². The van der Waals surface area contributed by atoms with Gasteiger partial charge >= 0.3 is 0 Å². The van der Waals surface area contributed by atoms with Crippen molar-refractivity contribution < 1.29 is 4.74 Å². The Morgan fingerprint density at radius 3 is 2.73 bits per heavy atom. The fourth-order valence-corrected chi connectivity index (χ4v) is 4.65. The molecule has 1 fully saturated rings. The molecule has 150 valence electrons. The van der Waals surface area contributed by atoms with Gasteiger partial charge in [0.2, 0.25) is 0 Å². The average molecular weight is 396 g/mol. The second-order valence-electron chi connectivity index (χ2n) is 8.08. The summed E-state index contributed by atoms with van der Waals surface area (Å²) in [6, 6.07) is 18.7. The minimum atomic E-state index is -0.477. The molecular weight excluding hydrogens is 372 g/mol. The van der Waals surface area contributed by atoms with Crippen LogP contribution in [0.1, 0.15) is 41.2 Å². The molecule has 3 heterocycles. The molecule has 0 aliphatic carbocycles. The maximum Gasteiger partial charge on any atom is 0.170 e. The van der Waals surface area contributed by atoms with E-state index in [1.807, 2.05) is 47.3 Å². The maximum atomic E-state index is 9.58. The molecule has 0 bridgehead atoms. The Bertz CT molecular complexity index is 1100. The lowest BCUT2D eigenvalue weighted by molar-refractivity contribution is -0.0933. The highest BCUT2D eigenvalue weighted by molar-refractivity contribution is 5.53. The van der Waals surface area contributed by atoms with Gasteiger partial charge < -0.3 is 4.74 Å². The third-order valence-electron chi connectivity index (χ3n) is 6.27. The van der Waals surface area contributed by atoms with E-state index >= 15 is 0 Å². The number of nitriles is 1. The molecule has 1 aromatic heterocycles. The van der Waals surface area contributed by atoms with Gasteiger partial charge in [0.1, 0.15) is 0 Å². The number of para-hydroxylation sites is 1. The number of aromatic nitrogens is 2. The van der Waals surface area contributed by atoms with Crippen molar-refractivity contribution in [3.63, 3.8) is 0 Å². The summed E-state index contributed by atoms with van der Waals surface area (Å²) in [7, 11) is 0. The second kappa shape index (κ2) is 7.56. The van der Waals surface area contributed by atoms with E-state index in [9.17, 15) is 5.26 Å². The van der Waals surface area contributed by atoms with Gasteiger partial charge in [-0.25, -0.2) is 4.68 Å². The quantitative estimate of drug-likeness (QED) is 0.647. The van der Waals surface area contributed by atoms with Crippen molar-refractivity contribution in [2.45, 2.75) is 31.1 Å². The van der Waals surface area contributed by atoms with Crippen molar-refractivity contribution in [1.82, 2.24) is 14.7 Å². The molecule has 2 aromatic carbocycles. The van der Waals surface area contributed by atoms with Gasteiger partial charge in [-0.15, -0.1) is 0 Å². The molecule has 0 N–H and O–H groups in total. The van der Waals surface area contributed by atoms with Crippen molar-refractivity contribution in [2.75, 3.05) is 13.1 Å². The summed E-state index contributed by atoms with van der Waals surface area (Å²) in [6.07, 6.45) is 7.18. The number of hydrogen-bond acceptors (Lipinski definition) is 4. The Morgan fingerprint density at radius 1 is 1.20 bits per heavy atom. The van der Waals surface area contributed by atoms with E-state index in [0.717, 1.165) is 49.3 Å². The van der Waals surface area contributed by atoms with Crippen LogP contribution in [0.25, 0.3) is 11.8 Å². The van der Waals surface area contributed by atoms with Crippen molar-refractivity contribution in [3.05, 3.63) is 89.8 Å². The first-order chi connectivity index (χ1) is 14.7. The van der Waals surface area contributed by atoms with Crippen LogP contribution in [0.2, 0.25) is 0 Å². The first-order valence-corrected chi connectivity index (χ1v) is 10.4. The van der Waals surface area contributed by atoms with E-state index < -0.39 is 6.10 Å². The first kappa shape index (κ1) is 18.8. The summed E-state index contributed by atoms with van der Waals surface area (Å²) in [4.78, 5) is 2.44. The number of benzene rings is 2. The van der Waals surface area contributed by atoms with Crippen molar-refractivity contribution in [2.24, 2.45) is 0 Å². The Labute approximate surface area is 176 Å². The maximum absolute atomic E-state index is 9.58. The Hall–Kier alpha value is -3.20. The molecule has 3 aromatic rings. The van der Waals surface area contributed by atoms with Gasteiger partial charge in [-0.2, -0.15) is 10.4 Å². The van der Waals surface area contributed by atoms with Crippen LogP contribution in [0.5, 0.6) is 0 Å². The lowest BCUT2D eigenvalue weighted by atomic mass is 9.82. The molecule has 2 aliphatic heterocycles. The molecule has 0 saturated carbocycles. The molecule has 1 unspecified atom stereocenters. The average Bonchev–Trinajstić information content (AvgIpc) is 3.39. The predicted octanol–water partition coefficient (Wildman–Crippen LogP) is 4.60. The van der Waals surface area contributed by atoms with Crippen LogP contribution in [-0.4, -0.2) is 27.8 Å². The van der Waals surface area contributed by atoms with Crippen LogP contribution < -0.4 is 0 Å². The van der Waals surface area contributed by atoms with Crippen LogP contribution in [-0.2, 0) is 16.9 Å². The molecular formula is C25H24N4O. The third-order valence-corrected chi connectivity index (χ3v) is 6.27. The highest BCUT2D eigenvalue weighted by Gasteiger charge is 2.46. The van der Waals surface area contributed by atoms with Crippen LogP contribution >= 0.6 is 0 Å². The molecule has 1 saturated heterocycles. The molecule has 0 amide bonds. The van der Waals surface area contributed by atoms with Crippen LogP contribution in [0.15, 0.2) is 67.5 Å². The van der Waals surface area contributed by atoms with E-state index in [1.54, 1.807) is 0 Å². The lowest BCUT2D eigenvalue weighted by Crippen LogP contribution is -2.42. The van der Waals surface area contributed by atoms with Crippen molar-refractivity contribution in [3.8, 4) is 11.8 Å². The number of likely N-dealkylation sites (tertiary alicyclic amines) is 1. The zero-order valence-electron chi connectivity index (χ0n) is 16.9. The standard InChI is InChI=1S/C25H24N4O/c1-2-19-8-9-22-23(14-19)25(30-24(22)15-26)10-12-28(13-11-25)17-20-16-27-29(18-20)21-6-4-3-5-7-21/h2-9,14,16,18,24H,1,10-13,17H2. The number of hydrogen-bond donors (Lipinski definition) is 0. The van der Waals surface area contributed by atoms with Crippen molar-refractivity contribution >= 4 is 6.08 Å². The molecule has 5 nitrogen and oxygen atoms in total.